The predicted octanol–water partition coefficient (Wildman–Crippen LogP) is 1.79. The summed E-state index contributed by atoms with van der Waals surface area (Å²) in [5.41, 5.74) is 1.02. The van der Waals surface area contributed by atoms with Crippen LogP contribution in [0.3, 0.4) is 0 Å². The van der Waals surface area contributed by atoms with Crippen molar-refractivity contribution in [3.05, 3.63) is 35.9 Å². The molecule has 0 saturated heterocycles. The van der Waals surface area contributed by atoms with Crippen molar-refractivity contribution in [1.29, 1.82) is 0 Å². The van der Waals surface area contributed by atoms with Crippen LogP contribution in [0.15, 0.2) is 30.3 Å². The van der Waals surface area contributed by atoms with Crippen LogP contribution in [0.5, 0.6) is 0 Å². The van der Waals surface area contributed by atoms with E-state index in [1.54, 1.807) is 18.2 Å². The van der Waals surface area contributed by atoms with Gasteiger partial charge in [-0.15, -0.1) is 0 Å². The maximum atomic E-state index is 12.4. The summed E-state index contributed by atoms with van der Waals surface area (Å²) < 4.78 is 26.3. The molecule has 0 atom stereocenters. The van der Waals surface area contributed by atoms with Crippen molar-refractivity contribution in [3.8, 4) is 0 Å². The lowest BCUT2D eigenvalue weighted by Crippen LogP contribution is -2.39. The zero-order chi connectivity index (χ0) is 14.5. The van der Waals surface area contributed by atoms with E-state index >= 15 is 0 Å². The third kappa shape index (κ3) is 4.93. The lowest BCUT2D eigenvalue weighted by atomic mass is 10.2. The van der Waals surface area contributed by atoms with Crippen LogP contribution in [0.4, 0.5) is 0 Å². The van der Waals surface area contributed by atoms with Gasteiger partial charge in [0, 0.05) is 19.6 Å². The first-order valence-electron chi connectivity index (χ1n) is 6.51. The minimum Gasteiger partial charge on any atom is -0.308 e. The number of hydrogen-bond donors (Lipinski definition) is 0. The van der Waals surface area contributed by atoms with Gasteiger partial charge in [-0.2, -0.15) is 4.31 Å². The smallest absolute Gasteiger partial charge is 0.216 e. The summed E-state index contributed by atoms with van der Waals surface area (Å²) in [5.74, 6) is 0. The fourth-order valence-electron chi connectivity index (χ4n) is 1.69. The van der Waals surface area contributed by atoms with E-state index in [0.29, 0.717) is 13.1 Å². The Morgan fingerprint density at radius 2 is 1.63 bits per heavy atom. The molecule has 0 radical (unpaired) electrons. The number of likely N-dealkylation sites (N-methyl/N-ethyl adjacent to an activating group) is 1. The van der Waals surface area contributed by atoms with Crippen molar-refractivity contribution in [1.82, 2.24) is 9.21 Å². The molecule has 0 N–H and O–H groups in total. The summed E-state index contributed by atoms with van der Waals surface area (Å²) in [5, 5.41) is -0.390. The molecule has 1 aromatic carbocycles. The highest BCUT2D eigenvalue weighted by Gasteiger charge is 2.25. The lowest BCUT2D eigenvalue weighted by molar-refractivity contribution is 0.327. The standard InChI is InChI=1S/C14H24N2O2S/c1-13(2)19(17,18)16(11-10-15(3)4)12-14-8-6-5-7-9-14/h5-9,13H,10-12H2,1-4H3. The molecule has 0 bridgehead atoms. The largest absolute Gasteiger partial charge is 0.308 e. The minimum atomic E-state index is -3.23. The number of benzene rings is 1. The Balaban J connectivity index is 2.87. The highest BCUT2D eigenvalue weighted by molar-refractivity contribution is 7.89. The highest BCUT2D eigenvalue weighted by atomic mass is 32.2. The maximum Gasteiger partial charge on any atom is 0.216 e. The molecule has 5 heteroatoms. The fourth-order valence-corrected chi connectivity index (χ4v) is 2.95. The SMILES string of the molecule is CC(C)S(=O)(=O)N(CCN(C)C)Cc1ccccc1. The van der Waals surface area contributed by atoms with Gasteiger partial charge in [0.15, 0.2) is 0 Å². The summed E-state index contributed by atoms with van der Waals surface area (Å²) in [6, 6.07) is 9.71. The quantitative estimate of drug-likeness (QED) is 0.766. The molecule has 0 aliphatic heterocycles. The third-order valence-corrected chi connectivity index (χ3v) is 5.18. The second-order valence-corrected chi connectivity index (χ2v) is 7.71. The van der Waals surface area contributed by atoms with Crippen molar-refractivity contribution in [3.63, 3.8) is 0 Å². The van der Waals surface area contributed by atoms with Crippen LogP contribution in [0.1, 0.15) is 19.4 Å². The first kappa shape index (κ1) is 16.1. The average Bonchev–Trinajstić information content (AvgIpc) is 2.35. The van der Waals surface area contributed by atoms with Crippen LogP contribution in [-0.2, 0) is 16.6 Å². The predicted molar refractivity (Wildman–Crippen MR) is 79.5 cm³/mol. The molecule has 0 amide bonds. The van der Waals surface area contributed by atoms with Gasteiger partial charge in [-0.05, 0) is 33.5 Å². The monoisotopic (exact) mass is 284 g/mol. The second-order valence-electron chi connectivity index (χ2n) is 5.22. The van der Waals surface area contributed by atoms with Gasteiger partial charge in [0.05, 0.1) is 5.25 Å². The molecular formula is C14H24N2O2S. The Labute approximate surface area is 117 Å². The van der Waals surface area contributed by atoms with E-state index in [2.05, 4.69) is 0 Å². The zero-order valence-corrected chi connectivity index (χ0v) is 13.0. The zero-order valence-electron chi connectivity index (χ0n) is 12.2. The normalized spacial score (nSPS) is 12.6. The van der Waals surface area contributed by atoms with Gasteiger partial charge in [0.25, 0.3) is 0 Å². The van der Waals surface area contributed by atoms with Crippen LogP contribution in [0, 0.1) is 0 Å². The van der Waals surface area contributed by atoms with E-state index in [-0.39, 0.29) is 0 Å². The molecule has 108 valence electrons. The number of rotatable bonds is 7. The molecule has 1 rings (SSSR count). The van der Waals surface area contributed by atoms with Crippen molar-refractivity contribution < 1.29 is 8.42 Å². The van der Waals surface area contributed by atoms with E-state index in [1.807, 2.05) is 49.3 Å². The van der Waals surface area contributed by atoms with Crippen LogP contribution in [0.25, 0.3) is 0 Å². The Morgan fingerprint density at radius 1 is 1.05 bits per heavy atom. The van der Waals surface area contributed by atoms with Crippen molar-refractivity contribution in [2.75, 3.05) is 27.2 Å². The van der Waals surface area contributed by atoms with E-state index in [0.717, 1.165) is 12.1 Å². The van der Waals surface area contributed by atoms with Gasteiger partial charge in [0.2, 0.25) is 10.0 Å². The number of nitrogens with zero attached hydrogens (tertiary/aromatic N) is 2. The summed E-state index contributed by atoms with van der Waals surface area (Å²) >= 11 is 0. The van der Waals surface area contributed by atoms with Crippen LogP contribution < -0.4 is 0 Å². The molecule has 0 aliphatic rings. The summed E-state index contributed by atoms with van der Waals surface area (Å²) in [6.07, 6.45) is 0. The van der Waals surface area contributed by atoms with Crippen molar-refractivity contribution in [2.24, 2.45) is 0 Å². The van der Waals surface area contributed by atoms with Crippen LogP contribution in [-0.4, -0.2) is 50.1 Å². The maximum absolute atomic E-state index is 12.4. The minimum absolute atomic E-state index is 0.390. The first-order chi connectivity index (χ1) is 8.84. The van der Waals surface area contributed by atoms with E-state index in [4.69, 9.17) is 0 Å². The van der Waals surface area contributed by atoms with Gasteiger partial charge in [-0.1, -0.05) is 30.3 Å². The molecule has 0 spiro atoms. The molecule has 0 unspecified atom stereocenters. The second kappa shape index (κ2) is 7.03. The Morgan fingerprint density at radius 3 is 2.11 bits per heavy atom. The van der Waals surface area contributed by atoms with Gasteiger partial charge >= 0.3 is 0 Å². The molecule has 0 aromatic heterocycles. The van der Waals surface area contributed by atoms with Gasteiger partial charge in [-0.3, -0.25) is 0 Å². The highest BCUT2D eigenvalue weighted by Crippen LogP contribution is 2.13. The number of hydrogen-bond acceptors (Lipinski definition) is 3. The molecule has 0 heterocycles. The Kier molecular flexibility index (Phi) is 5.97. The fraction of sp³-hybridized carbons (Fsp3) is 0.571. The first-order valence-corrected chi connectivity index (χ1v) is 8.02. The Bertz CT molecular complexity index is 469. The van der Waals surface area contributed by atoms with Crippen molar-refractivity contribution >= 4 is 10.0 Å². The summed E-state index contributed by atoms with van der Waals surface area (Å²) in [6.45, 7) is 5.13. The van der Waals surface area contributed by atoms with Gasteiger partial charge in [-0.25, -0.2) is 8.42 Å². The lowest BCUT2D eigenvalue weighted by Gasteiger charge is -2.25. The molecule has 4 nitrogen and oxygen atoms in total. The van der Waals surface area contributed by atoms with E-state index in [9.17, 15) is 8.42 Å². The average molecular weight is 284 g/mol. The van der Waals surface area contributed by atoms with Crippen molar-refractivity contribution in [2.45, 2.75) is 25.6 Å². The third-order valence-electron chi connectivity index (χ3n) is 2.95. The Hall–Kier alpha value is -0.910. The molecule has 19 heavy (non-hydrogen) atoms. The van der Waals surface area contributed by atoms with Crippen LogP contribution >= 0.6 is 0 Å². The van der Waals surface area contributed by atoms with E-state index in [1.165, 1.54) is 0 Å². The molecular weight excluding hydrogens is 260 g/mol. The topological polar surface area (TPSA) is 40.6 Å². The molecule has 0 aliphatic carbocycles. The van der Waals surface area contributed by atoms with E-state index < -0.39 is 15.3 Å². The summed E-state index contributed by atoms with van der Waals surface area (Å²) in [7, 11) is 0.668. The summed E-state index contributed by atoms with van der Waals surface area (Å²) in [4.78, 5) is 1.99. The number of sulfonamides is 1. The molecule has 1 aromatic rings. The molecule has 0 saturated carbocycles. The van der Waals surface area contributed by atoms with Crippen LogP contribution in [0.2, 0.25) is 0 Å². The van der Waals surface area contributed by atoms with Gasteiger partial charge in [0.1, 0.15) is 0 Å². The van der Waals surface area contributed by atoms with Gasteiger partial charge < -0.3 is 4.90 Å². The molecule has 0 fully saturated rings.